The van der Waals surface area contributed by atoms with E-state index in [2.05, 4.69) is 33.1 Å². The van der Waals surface area contributed by atoms with E-state index in [9.17, 15) is 4.79 Å². The Morgan fingerprint density at radius 3 is 2.74 bits per heavy atom. The number of likely N-dealkylation sites (tertiary alicyclic amines) is 1. The average molecular weight is 529 g/mol. The molecular formula is C31H36N4O4. The minimum atomic E-state index is -0.827. The number of hydrogen-bond donors (Lipinski definition) is 0. The molecule has 3 fully saturated rings. The quantitative estimate of drug-likeness (QED) is 0.546. The molecule has 2 aromatic rings. The molecule has 1 aromatic carbocycles. The van der Waals surface area contributed by atoms with Gasteiger partial charge in [-0.1, -0.05) is 12.1 Å². The number of aromatic nitrogens is 2. The highest BCUT2D eigenvalue weighted by Crippen LogP contribution is 2.75. The summed E-state index contributed by atoms with van der Waals surface area (Å²) in [6.07, 6.45) is 11.9. The van der Waals surface area contributed by atoms with E-state index in [1.807, 2.05) is 7.05 Å². The van der Waals surface area contributed by atoms with E-state index in [1.165, 1.54) is 24.0 Å². The molecule has 204 valence electrons. The molecule has 1 amide bonds. The van der Waals surface area contributed by atoms with Crippen LogP contribution in [0.2, 0.25) is 0 Å². The standard InChI is InChI=1S/C31H36N4O4/c1-34(18-24-32-12-4-13-33-24)27(36)21-16-29-9-10-31(21,38-3)28-30(29)11-14-35(17-19-5-6-19)23(29)15-20-7-8-22(37-2)26(39-28)25(20)30/h4,7-8,12-13,16,19,23,28H,5-6,9-11,14-15,17-18H2,1-3H3/t23-,28-,29-,30+,31-/m1/s1. The van der Waals surface area contributed by atoms with E-state index >= 15 is 0 Å². The number of likely N-dealkylation sites (N-methyl/N-ethyl adjacent to an activating group) is 1. The van der Waals surface area contributed by atoms with Crippen LogP contribution in [0.15, 0.2) is 42.2 Å². The number of ether oxygens (including phenoxy) is 3. The third-order valence-corrected chi connectivity index (χ3v) is 11.0. The number of carbonyl (C=O) groups excluding carboxylic acids is 1. The van der Waals surface area contributed by atoms with Crippen LogP contribution in [-0.4, -0.2) is 77.8 Å². The SMILES string of the molecule is COc1ccc2c3c1O[C@@H]1[C@]34CCN(CC3CC3)[C@H](C2)[C@@]42C=C(C(=O)N(C)Cc3ncccn3)[C@]1(OC)CC2. The summed E-state index contributed by atoms with van der Waals surface area (Å²) in [7, 11) is 5.31. The fourth-order valence-corrected chi connectivity index (χ4v) is 9.15. The first-order valence-corrected chi connectivity index (χ1v) is 14.4. The molecule has 0 unspecified atom stereocenters. The lowest BCUT2D eigenvalue weighted by Crippen LogP contribution is -2.78. The first-order chi connectivity index (χ1) is 19.0. The highest BCUT2D eigenvalue weighted by atomic mass is 16.6. The topological polar surface area (TPSA) is 77.0 Å². The smallest absolute Gasteiger partial charge is 0.252 e. The Morgan fingerprint density at radius 1 is 1.18 bits per heavy atom. The number of amides is 1. The fraction of sp³-hybridized carbons (Fsp3) is 0.581. The molecule has 0 N–H and O–H groups in total. The summed E-state index contributed by atoms with van der Waals surface area (Å²) in [5.41, 5.74) is 2.20. The first kappa shape index (κ1) is 23.9. The highest BCUT2D eigenvalue weighted by molar-refractivity contribution is 5.97. The second-order valence-electron chi connectivity index (χ2n) is 12.5. The molecule has 39 heavy (non-hydrogen) atoms. The van der Waals surface area contributed by atoms with E-state index in [0.717, 1.165) is 61.8 Å². The summed E-state index contributed by atoms with van der Waals surface area (Å²) >= 11 is 0. The van der Waals surface area contributed by atoms with Crippen LogP contribution in [-0.2, 0) is 27.9 Å². The Morgan fingerprint density at radius 2 is 2.00 bits per heavy atom. The van der Waals surface area contributed by atoms with Crippen molar-refractivity contribution in [2.24, 2.45) is 11.3 Å². The normalized spacial score (nSPS) is 35.2. The summed E-state index contributed by atoms with van der Waals surface area (Å²) < 4.78 is 19.4. The van der Waals surface area contributed by atoms with Gasteiger partial charge in [0.2, 0.25) is 0 Å². The minimum Gasteiger partial charge on any atom is -0.493 e. The Bertz CT molecular complexity index is 1390. The van der Waals surface area contributed by atoms with Gasteiger partial charge < -0.3 is 19.1 Å². The number of nitrogens with zero attached hydrogens (tertiary/aromatic N) is 4. The maximum Gasteiger partial charge on any atom is 0.252 e. The number of fused-ring (bicyclic) bond motifs is 1. The van der Waals surface area contributed by atoms with Crippen molar-refractivity contribution < 1.29 is 19.0 Å². The number of carbonyl (C=O) groups is 1. The number of piperidine rings is 1. The molecule has 3 heterocycles. The lowest BCUT2D eigenvalue weighted by atomic mass is 9.37. The lowest BCUT2D eigenvalue weighted by molar-refractivity contribution is -0.198. The molecule has 2 spiro atoms. The lowest BCUT2D eigenvalue weighted by Gasteiger charge is -2.70. The Hall–Kier alpha value is -2.97. The van der Waals surface area contributed by atoms with Crippen molar-refractivity contribution >= 4 is 5.91 Å². The Labute approximate surface area is 229 Å². The zero-order chi connectivity index (χ0) is 26.6. The summed E-state index contributed by atoms with van der Waals surface area (Å²) in [4.78, 5) is 27.5. The average Bonchev–Trinajstić information content (AvgIpc) is 3.71. The van der Waals surface area contributed by atoms with Crippen LogP contribution in [0, 0.1) is 11.3 Å². The van der Waals surface area contributed by atoms with Gasteiger partial charge in [-0.3, -0.25) is 9.69 Å². The fourth-order valence-electron chi connectivity index (χ4n) is 9.15. The van der Waals surface area contributed by atoms with Gasteiger partial charge in [0.15, 0.2) is 11.5 Å². The monoisotopic (exact) mass is 528 g/mol. The van der Waals surface area contributed by atoms with E-state index in [4.69, 9.17) is 14.2 Å². The molecule has 7 aliphatic rings. The van der Waals surface area contributed by atoms with E-state index in [0.29, 0.717) is 18.4 Å². The van der Waals surface area contributed by atoms with Crippen LogP contribution < -0.4 is 9.47 Å². The van der Waals surface area contributed by atoms with Crippen LogP contribution in [0.5, 0.6) is 11.5 Å². The van der Waals surface area contributed by atoms with Crippen molar-refractivity contribution in [3.05, 3.63) is 59.2 Å². The number of hydrogen-bond acceptors (Lipinski definition) is 7. The van der Waals surface area contributed by atoms with Gasteiger partial charge in [0.25, 0.3) is 5.91 Å². The predicted octanol–water partition coefficient (Wildman–Crippen LogP) is 3.29. The van der Waals surface area contributed by atoms with Crippen molar-refractivity contribution in [2.45, 2.75) is 68.2 Å². The van der Waals surface area contributed by atoms with Gasteiger partial charge in [-0.15, -0.1) is 0 Å². The maximum absolute atomic E-state index is 14.3. The number of methoxy groups -OCH3 is 2. The first-order valence-electron chi connectivity index (χ1n) is 14.4. The molecular weight excluding hydrogens is 492 g/mol. The van der Waals surface area contributed by atoms with Crippen LogP contribution in [0.4, 0.5) is 0 Å². The molecule has 0 radical (unpaired) electrons. The van der Waals surface area contributed by atoms with Crippen molar-refractivity contribution in [3.63, 3.8) is 0 Å². The number of rotatable bonds is 7. The van der Waals surface area contributed by atoms with Gasteiger partial charge in [-0.2, -0.15) is 0 Å². The molecule has 9 rings (SSSR count). The van der Waals surface area contributed by atoms with E-state index in [1.54, 1.807) is 37.6 Å². The molecule has 8 heteroatoms. The largest absolute Gasteiger partial charge is 0.493 e. The van der Waals surface area contributed by atoms with Crippen molar-refractivity contribution in [1.29, 1.82) is 0 Å². The Kier molecular flexibility index (Phi) is 4.92. The van der Waals surface area contributed by atoms with Crippen LogP contribution in [0.3, 0.4) is 0 Å². The Balaban J connectivity index is 1.30. The summed E-state index contributed by atoms with van der Waals surface area (Å²) in [6, 6.07) is 6.46. The molecule has 5 aliphatic carbocycles. The van der Waals surface area contributed by atoms with Crippen molar-refractivity contribution in [3.8, 4) is 11.5 Å². The third kappa shape index (κ3) is 2.89. The van der Waals surface area contributed by atoms with Gasteiger partial charge >= 0.3 is 0 Å². The van der Waals surface area contributed by atoms with Crippen molar-refractivity contribution in [2.75, 3.05) is 34.4 Å². The molecule has 4 bridgehead atoms. The molecule has 2 saturated carbocycles. The molecule has 2 aliphatic heterocycles. The summed E-state index contributed by atoms with van der Waals surface area (Å²) in [5, 5.41) is 0. The van der Waals surface area contributed by atoms with Crippen molar-refractivity contribution in [1.82, 2.24) is 19.8 Å². The third-order valence-electron chi connectivity index (χ3n) is 11.0. The minimum absolute atomic E-state index is 0.0256. The maximum atomic E-state index is 14.3. The van der Waals surface area contributed by atoms with E-state index < -0.39 is 5.60 Å². The van der Waals surface area contributed by atoms with Gasteiger partial charge in [0, 0.05) is 55.7 Å². The van der Waals surface area contributed by atoms with Gasteiger partial charge in [0.1, 0.15) is 17.5 Å². The summed E-state index contributed by atoms with van der Waals surface area (Å²) in [5.74, 6) is 3.06. The van der Waals surface area contributed by atoms with E-state index in [-0.39, 0.29) is 22.8 Å². The van der Waals surface area contributed by atoms with Gasteiger partial charge in [-0.05, 0) is 68.7 Å². The second-order valence-corrected chi connectivity index (χ2v) is 12.5. The predicted molar refractivity (Wildman–Crippen MR) is 143 cm³/mol. The summed E-state index contributed by atoms with van der Waals surface area (Å²) in [6.45, 7) is 2.56. The zero-order valence-corrected chi connectivity index (χ0v) is 23.0. The second kappa shape index (κ2) is 8.04. The van der Waals surface area contributed by atoms with Crippen LogP contribution in [0.25, 0.3) is 0 Å². The molecule has 5 atom stereocenters. The van der Waals surface area contributed by atoms with Crippen LogP contribution >= 0.6 is 0 Å². The molecule has 1 saturated heterocycles. The molecule has 1 aromatic heterocycles. The molecule has 8 nitrogen and oxygen atoms in total. The van der Waals surface area contributed by atoms with Gasteiger partial charge in [0.05, 0.1) is 19.1 Å². The highest BCUT2D eigenvalue weighted by Gasteiger charge is 2.79. The number of benzene rings is 1. The zero-order valence-electron chi connectivity index (χ0n) is 23.0. The van der Waals surface area contributed by atoms with Gasteiger partial charge in [-0.25, -0.2) is 9.97 Å². The van der Waals surface area contributed by atoms with Crippen LogP contribution in [0.1, 0.15) is 49.1 Å².